The fourth-order valence-corrected chi connectivity index (χ4v) is 1.92. The van der Waals surface area contributed by atoms with Crippen molar-refractivity contribution in [1.29, 1.82) is 0 Å². The van der Waals surface area contributed by atoms with Crippen molar-refractivity contribution in [3.05, 3.63) is 0 Å². The van der Waals surface area contributed by atoms with E-state index in [0.717, 1.165) is 6.42 Å². The smallest absolute Gasteiger partial charge is 0.245 e. The van der Waals surface area contributed by atoms with E-state index in [4.69, 9.17) is 5.73 Å². The van der Waals surface area contributed by atoms with Crippen LogP contribution in [-0.2, 0) is 9.59 Å². The molecule has 1 heterocycles. The van der Waals surface area contributed by atoms with Crippen LogP contribution < -0.4 is 11.1 Å². The van der Waals surface area contributed by atoms with Gasteiger partial charge in [-0.25, -0.2) is 0 Å². The van der Waals surface area contributed by atoms with Crippen molar-refractivity contribution in [2.75, 3.05) is 13.1 Å². The number of piperazine rings is 1. The Morgan fingerprint density at radius 1 is 1.62 bits per heavy atom. The summed E-state index contributed by atoms with van der Waals surface area (Å²) in [6.45, 7) is 6.53. The Balaban J connectivity index is 2.78. The molecule has 0 aromatic carbocycles. The summed E-state index contributed by atoms with van der Waals surface area (Å²) in [6, 6.07) is -0.491. The summed E-state index contributed by atoms with van der Waals surface area (Å²) in [6.07, 6.45) is 1.53. The Hall–Kier alpha value is -1.10. The van der Waals surface area contributed by atoms with Crippen LogP contribution in [0.1, 0.15) is 33.6 Å². The number of nitrogens with zero attached hydrogens (tertiary/aromatic N) is 1. The highest BCUT2D eigenvalue weighted by molar-refractivity contribution is 5.93. The van der Waals surface area contributed by atoms with Crippen LogP contribution in [0.25, 0.3) is 0 Å². The minimum Gasteiger partial charge on any atom is -0.352 e. The summed E-state index contributed by atoms with van der Waals surface area (Å²) in [7, 11) is 0. The van der Waals surface area contributed by atoms with Crippen LogP contribution in [0, 0.1) is 0 Å². The van der Waals surface area contributed by atoms with Gasteiger partial charge in [0.2, 0.25) is 11.8 Å². The SMILES string of the molecule is CCCC(N)C(=O)N1CCNC(=O)C1(C)C. The lowest BCUT2D eigenvalue weighted by Gasteiger charge is -2.42. The number of carbonyl (C=O) groups excluding carboxylic acids is 2. The Kier molecular flexibility index (Phi) is 3.91. The summed E-state index contributed by atoms with van der Waals surface area (Å²) < 4.78 is 0. The Labute approximate surface area is 96.4 Å². The van der Waals surface area contributed by atoms with Crippen molar-refractivity contribution in [2.45, 2.75) is 45.2 Å². The topological polar surface area (TPSA) is 75.4 Å². The van der Waals surface area contributed by atoms with Gasteiger partial charge in [0, 0.05) is 13.1 Å². The molecular formula is C11H21N3O2. The van der Waals surface area contributed by atoms with Crippen LogP contribution in [0.5, 0.6) is 0 Å². The highest BCUT2D eigenvalue weighted by Crippen LogP contribution is 2.19. The fourth-order valence-electron chi connectivity index (χ4n) is 1.92. The molecule has 0 aromatic heterocycles. The first-order valence-corrected chi connectivity index (χ1v) is 5.76. The van der Waals surface area contributed by atoms with Crippen LogP contribution in [-0.4, -0.2) is 41.4 Å². The molecule has 92 valence electrons. The quantitative estimate of drug-likeness (QED) is 0.704. The van der Waals surface area contributed by atoms with E-state index in [0.29, 0.717) is 19.5 Å². The highest BCUT2D eigenvalue weighted by Gasteiger charge is 2.41. The Morgan fingerprint density at radius 2 is 2.25 bits per heavy atom. The maximum atomic E-state index is 12.1. The van der Waals surface area contributed by atoms with Gasteiger partial charge < -0.3 is 16.0 Å². The molecule has 0 bridgehead atoms. The molecule has 2 amide bonds. The first-order chi connectivity index (χ1) is 7.41. The lowest BCUT2D eigenvalue weighted by molar-refractivity contribution is -0.150. The second kappa shape index (κ2) is 4.82. The third-order valence-corrected chi connectivity index (χ3v) is 3.03. The molecule has 1 unspecified atom stereocenters. The average Bonchev–Trinajstić information content (AvgIpc) is 2.21. The first-order valence-electron chi connectivity index (χ1n) is 5.76. The van der Waals surface area contributed by atoms with Gasteiger partial charge in [-0.2, -0.15) is 0 Å². The fraction of sp³-hybridized carbons (Fsp3) is 0.818. The predicted molar refractivity (Wildman–Crippen MR) is 61.7 cm³/mol. The molecule has 0 radical (unpaired) electrons. The van der Waals surface area contributed by atoms with Crippen molar-refractivity contribution in [3.63, 3.8) is 0 Å². The molecule has 3 N–H and O–H groups in total. The molecule has 1 atom stereocenters. The van der Waals surface area contributed by atoms with E-state index >= 15 is 0 Å². The van der Waals surface area contributed by atoms with Gasteiger partial charge in [-0.1, -0.05) is 13.3 Å². The third kappa shape index (κ3) is 2.35. The number of nitrogens with two attached hydrogens (primary N) is 1. The molecule has 1 fully saturated rings. The lowest BCUT2D eigenvalue weighted by Crippen LogP contribution is -2.65. The number of nitrogens with one attached hydrogen (secondary N) is 1. The number of carbonyl (C=O) groups is 2. The van der Waals surface area contributed by atoms with Crippen molar-refractivity contribution < 1.29 is 9.59 Å². The van der Waals surface area contributed by atoms with E-state index < -0.39 is 11.6 Å². The molecule has 0 aliphatic carbocycles. The summed E-state index contributed by atoms with van der Waals surface area (Å²) in [5, 5.41) is 2.75. The molecule has 5 heteroatoms. The second-order valence-corrected chi connectivity index (χ2v) is 4.70. The summed E-state index contributed by atoms with van der Waals surface area (Å²) in [4.78, 5) is 25.3. The Morgan fingerprint density at radius 3 is 2.81 bits per heavy atom. The van der Waals surface area contributed by atoms with Crippen molar-refractivity contribution in [2.24, 2.45) is 5.73 Å². The molecule has 1 aliphatic rings. The van der Waals surface area contributed by atoms with Gasteiger partial charge in [0.05, 0.1) is 6.04 Å². The number of amides is 2. The molecule has 0 saturated carbocycles. The normalized spacial score (nSPS) is 21.5. The second-order valence-electron chi connectivity index (χ2n) is 4.70. The zero-order valence-corrected chi connectivity index (χ0v) is 10.2. The van der Waals surface area contributed by atoms with E-state index in [-0.39, 0.29) is 11.8 Å². The highest BCUT2D eigenvalue weighted by atomic mass is 16.2. The molecular weight excluding hydrogens is 206 g/mol. The van der Waals surface area contributed by atoms with Gasteiger partial charge >= 0.3 is 0 Å². The number of rotatable bonds is 3. The predicted octanol–water partition coefficient (Wildman–Crippen LogP) is -0.149. The zero-order chi connectivity index (χ0) is 12.3. The maximum absolute atomic E-state index is 12.1. The average molecular weight is 227 g/mol. The zero-order valence-electron chi connectivity index (χ0n) is 10.2. The van der Waals surface area contributed by atoms with E-state index in [1.54, 1.807) is 18.7 Å². The number of hydrogen-bond acceptors (Lipinski definition) is 3. The summed E-state index contributed by atoms with van der Waals surface area (Å²) in [5.74, 6) is -0.238. The van der Waals surface area contributed by atoms with Gasteiger partial charge in [0.25, 0.3) is 0 Å². The molecule has 1 rings (SSSR count). The van der Waals surface area contributed by atoms with Crippen molar-refractivity contribution in [3.8, 4) is 0 Å². The maximum Gasteiger partial charge on any atom is 0.245 e. The van der Waals surface area contributed by atoms with Gasteiger partial charge in [-0.05, 0) is 20.3 Å². The minimum atomic E-state index is -0.791. The molecule has 0 spiro atoms. The van der Waals surface area contributed by atoms with Gasteiger partial charge in [-0.3, -0.25) is 9.59 Å². The van der Waals surface area contributed by atoms with E-state index in [9.17, 15) is 9.59 Å². The third-order valence-electron chi connectivity index (χ3n) is 3.03. The van der Waals surface area contributed by atoms with Crippen LogP contribution in [0.3, 0.4) is 0 Å². The molecule has 1 saturated heterocycles. The van der Waals surface area contributed by atoms with E-state index in [2.05, 4.69) is 5.32 Å². The van der Waals surface area contributed by atoms with Crippen molar-refractivity contribution in [1.82, 2.24) is 10.2 Å². The number of hydrogen-bond donors (Lipinski definition) is 2. The van der Waals surface area contributed by atoms with Gasteiger partial charge in [0.15, 0.2) is 0 Å². The van der Waals surface area contributed by atoms with Gasteiger partial charge in [0.1, 0.15) is 5.54 Å². The van der Waals surface area contributed by atoms with Crippen LogP contribution in [0.2, 0.25) is 0 Å². The lowest BCUT2D eigenvalue weighted by atomic mass is 9.97. The first kappa shape index (κ1) is 13.0. The van der Waals surface area contributed by atoms with Gasteiger partial charge in [-0.15, -0.1) is 0 Å². The van der Waals surface area contributed by atoms with E-state index in [1.165, 1.54) is 0 Å². The monoisotopic (exact) mass is 227 g/mol. The van der Waals surface area contributed by atoms with Crippen LogP contribution in [0.4, 0.5) is 0 Å². The van der Waals surface area contributed by atoms with Crippen LogP contribution >= 0.6 is 0 Å². The largest absolute Gasteiger partial charge is 0.352 e. The molecule has 5 nitrogen and oxygen atoms in total. The van der Waals surface area contributed by atoms with Crippen molar-refractivity contribution >= 4 is 11.8 Å². The van der Waals surface area contributed by atoms with Crippen LogP contribution in [0.15, 0.2) is 0 Å². The molecule has 0 aromatic rings. The minimum absolute atomic E-state index is 0.115. The molecule has 16 heavy (non-hydrogen) atoms. The summed E-state index contributed by atoms with van der Waals surface area (Å²) in [5.41, 5.74) is 5.01. The standard InChI is InChI=1S/C11H21N3O2/c1-4-5-8(12)9(15)14-7-6-13-10(16)11(14,2)3/h8H,4-7,12H2,1-3H3,(H,13,16). The summed E-state index contributed by atoms with van der Waals surface area (Å²) >= 11 is 0. The Bertz CT molecular complexity index is 289. The van der Waals surface area contributed by atoms with E-state index in [1.807, 2.05) is 6.92 Å². The molecule has 1 aliphatic heterocycles.